The topological polar surface area (TPSA) is 0 Å². The number of benzene rings is 1. The Kier molecular flexibility index (Phi) is 6.91. The lowest BCUT2D eigenvalue weighted by atomic mass is 10.2. The van der Waals surface area contributed by atoms with Gasteiger partial charge in [-0.1, -0.05) is 30.3 Å². The average Bonchev–Trinajstić information content (AvgIpc) is 2.15. The summed E-state index contributed by atoms with van der Waals surface area (Å²) in [5, 5.41) is 0.514. The second-order valence-corrected chi connectivity index (χ2v) is 8.60. The van der Waals surface area contributed by atoms with Crippen LogP contribution in [0.4, 0.5) is 17.3 Å². The molecule has 1 unspecified atom stereocenters. The highest BCUT2D eigenvalue weighted by Gasteiger charge is 2.26. The second kappa shape index (κ2) is 7.13. The predicted octanol–water partition coefficient (Wildman–Crippen LogP) is 5.13. The van der Waals surface area contributed by atoms with E-state index in [0.717, 1.165) is 0 Å². The van der Waals surface area contributed by atoms with Crippen molar-refractivity contribution in [3.63, 3.8) is 0 Å². The van der Waals surface area contributed by atoms with E-state index in [1.54, 1.807) is 0 Å². The summed E-state index contributed by atoms with van der Waals surface area (Å²) in [5.41, 5.74) is 1.49. The molecule has 0 fully saturated rings. The monoisotopic (exact) mass is 282 g/mol. The van der Waals surface area contributed by atoms with Gasteiger partial charge < -0.3 is 17.3 Å². The molecule has 0 saturated carbocycles. The lowest BCUT2D eigenvalue weighted by Gasteiger charge is -2.20. The Hall–Kier alpha value is -0.565. The zero-order valence-corrected chi connectivity index (χ0v) is 12.2. The van der Waals surface area contributed by atoms with Crippen molar-refractivity contribution >= 4 is 15.2 Å². The zero-order chi connectivity index (χ0) is 14.4. The number of halogens is 4. The minimum atomic E-state index is -6.00. The molecule has 0 aliphatic rings. The van der Waals surface area contributed by atoms with Crippen molar-refractivity contribution in [3.8, 4) is 0 Å². The van der Waals surface area contributed by atoms with Gasteiger partial charge in [-0.05, 0) is 26.3 Å². The summed E-state index contributed by atoms with van der Waals surface area (Å²) in [4.78, 5) is 0. The van der Waals surface area contributed by atoms with Crippen molar-refractivity contribution < 1.29 is 17.3 Å². The second-order valence-electron chi connectivity index (χ2n) is 5.19. The van der Waals surface area contributed by atoms with Gasteiger partial charge in [-0.25, -0.2) is 0 Å². The van der Waals surface area contributed by atoms with Crippen molar-refractivity contribution in [2.45, 2.75) is 32.1 Å². The smallest absolute Gasteiger partial charge is 0.418 e. The Morgan fingerprint density at radius 3 is 1.72 bits per heavy atom. The lowest BCUT2D eigenvalue weighted by molar-refractivity contribution is 0.368. The summed E-state index contributed by atoms with van der Waals surface area (Å²) in [5.74, 6) is 0. The molecule has 18 heavy (non-hydrogen) atoms. The first-order valence-corrected chi connectivity index (χ1v) is 7.95. The van der Waals surface area contributed by atoms with Gasteiger partial charge in [-0.3, -0.25) is 0 Å². The van der Waals surface area contributed by atoms with Crippen molar-refractivity contribution in [2.24, 2.45) is 0 Å². The van der Waals surface area contributed by atoms with Crippen LogP contribution in [-0.4, -0.2) is 19.1 Å². The Morgan fingerprint density at radius 1 is 1.00 bits per heavy atom. The van der Waals surface area contributed by atoms with E-state index in [4.69, 9.17) is 0 Å². The molecule has 0 saturated heterocycles. The molecule has 0 aliphatic carbocycles. The minimum Gasteiger partial charge on any atom is -0.418 e. The highest BCUT2D eigenvalue weighted by Crippen LogP contribution is 2.48. The molecule has 0 bridgehead atoms. The van der Waals surface area contributed by atoms with E-state index < -0.39 is 7.25 Å². The van der Waals surface area contributed by atoms with Crippen LogP contribution in [0.25, 0.3) is 0 Å². The maximum atomic E-state index is 9.75. The first-order valence-electron chi connectivity index (χ1n) is 5.74. The van der Waals surface area contributed by atoms with Gasteiger partial charge in [-0.15, -0.1) is 0 Å². The van der Waals surface area contributed by atoms with Gasteiger partial charge in [-0.2, -0.15) is 0 Å². The maximum absolute atomic E-state index is 9.75. The number of hydrogen-bond acceptors (Lipinski definition) is 0. The van der Waals surface area contributed by atoms with E-state index in [-0.39, 0.29) is 7.92 Å². The van der Waals surface area contributed by atoms with Gasteiger partial charge in [0, 0.05) is 14.6 Å². The van der Waals surface area contributed by atoms with E-state index in [1.807, 2.05) is 0 Å². The van der Waals surface area contributed by atoms with Crippen LogP contribution in [0.3, 0.4) is 0 Å². The molecule has 104 valence electrons. The van der Waals surface area contributed by atoms with Gasteiger partial charge in [0.25, 0.3) is 0 Å². The molecular formula is C12H20BF4P. The van der Waals surface area contributed by atoms with E-state index in [0.29, 0.717) is 5.16 Å². The summed E-state index contributed by atoms with van der Waals surface area (Å²) in [6.07, 6.45) is 1.29. The first-order chi connectivity index (χ1) is 8.00. The summed E-state index contributed by atoms with van der Waals surface area (Å²) in [6, 6.07) is 10.8. The van der Waals surface area contributed by atoms with Gasteiger partial charge in [0.15, 0.2) is 0 Å². The molecule has 0 spiro atoms. The van der Waals surface area contributed by atoms with Crippen LogP contribution < -0.4 is 0 Å². The molecule has 1 aromatic carbocycles. The molecule has 0 radical (unpaired) electrons. The van der Waals surface area contributed by atoms with E-state index in [1.165, 1.54) is 11.7 Å². The fourth-order valence-corrected chi connectivity index (χ4v) is 2.55. The van der Waals surface area contributed by atoms with Gasteiger partial charge in [0.2, 0.25) is 0 Å². The third-order valence-electron chi connectivity index (χ3n) is 2.59. The molecule has 6 heteroatoms. The molecule has 0 N–H and O–H groups in total. The van der Waals surface area contributed by atoms with Crippen LogP contribution in [0.5, 0.6) is 0 Å². The van der Waals surface area contributed by atoms with Crippen LogP contribution in [0.15, 0.2) is 30.3 Å². The summed E-state index contributed by atoms with van der Waals surface area (Å²) >= 11 is 0. The fraction of sp³-hybridized carbons (Fsp3) is 0.500. The lowest BCUT2D eigenvalue weighted by Crippen LogP contribution is -2.11. The molecule has 0 heterocycles. The first kappa shape index (κ1) is 17.4. The number of rotatable bonds is 2. The fourth-order valence-electron chi connectivity index (χ4n) is 1.17. The van der Waals surface area contributed by atoms with E-state index >= 15 is 0 Å². The van der Waals surface area contributed by atoms with Crippen LogP contribution in [0, 0.1) is 0 Å². The standard InChI is InChI=1S/C12H19P.BF4/c1-12(2,3)13(4)10-11-8-6-5-7-9-11;2-1(3,4)5/h5-9H,10H2,1-4H3;/q;-1/p+1. The molecule has 0 aliphatic heterocycles. The Balaban J connectivity index is 0.000000494. The quantitative estimate of drug-likeness (QED) is 0.401. The van der Waals surface area contributed by atoms with Crippen LogP contribution in [0.1, 0.15) is 26.3 Å². The van der Waals surface area contributed by atoms with Gasteiger partial charge in [0.05, 0.1) is 11.3 Å². The summed E-state index contributed by atoms with van der Waals surface area (Å²) in [6.45, 7) is 9.48. The molecule has 1 atom stereocenters. The van der Waals surface area contributed by atoms with Crippen molar-refractivity contribution in [1.82, 2.24) is 0 Å². The maximum Gasteiger partial charge on any atom is 0.673 e. The van der Waals surface area contributed by atoms with Crippen molar-refractivity contribution in [2.75, 3.05) is 6.66 Å². The highest BCUT2D eigenvalue weighted by molar-refractivity contribution is 7.57. The van der Waals surface area contributed by atoms with Crippen LogP contribution in [0.2, 0.25) is 0 Å². The third-order valence-corrected chi connectivity index (χ3v) is 6.09. The zero-order valence-electron chi connectivity index (χ0n) is 11.2. The minimum absolute atomic E-state index is 0.257. The molecule has 1 aromatic rings. The van der Waals surface area contributed by atoms with Gasteiger partial charge >= 0.3 is 7.25 Å². The molecule has 1 rings (SSSR count). The molecule has 0 aromatic heterocycles. The number of hydrogen-bond donors (Lipinski definition) is 0. The SMILES string of the molecule is C[PH+](Cc1ccccc1)C(C)(C)C.F[B-](F)(F)F. The molecular weight excluding hydrogens is 262 g/mol. The predicted molar refractivity (Wildman–Crippen MR) is 74.3 cm³/mol. The van der Waals surface area contributed by atoms with E-state index in [2.05, 4.69) is 57.8 Å². The summed E-state index contributed by atoms with van der Waals surface area (Å²) < 4.78 is 39.0. The Morgan fingerprint density at radius 2 is 1.39 bits per heavy atom. The Bertz CT molecular complexity index is 326. The van der Waals surface area contributed by atoms with Crippen LogP contribution >= 0.6 is 7.92 Å². The summed E-state index contributed by atoms with van der Waals surface area (Å²) in [7, 11) is -6.26. The van der Waals surface area contributed by atoms with Crippen molar-refractivity contribution in [3.05, 3.63) is 35.9 Å². The van der Waals surface area contributed by atoms with Gasteiger partial charge in [0.1, 0.15) is 0 Å². The van der Waals surface area contributed by atoms with Crippen molar-refractivity contribution in [1.29, 1.82) is 0 Å². The highest BCUT2D eigenvalue weighted by atomic mass is 31.1. The Labute approximate surface area is 108 Å². The van der Waals surface area contributed by atoms with Crippen LogP contribution in [-0.2, 0) is 6.16 Å². The molecule has 0 amide bonds. The molecule has 0 nitrogen and oxygen atoms in total. The largest absolute Gasteiger partial charge is 0.673 e. The average molecular weight is 282 g/mol. The van der Waals surface area contributed by atoms with E-state index in [9.17, 15) is 17.3 Å². The normalized spacial score (nSPS) is 13.6. The third kappa shape index (κ3) is 10.6.